The van der Waals surface area contributed by atoms with Gasteiger partial charge in [0.2, 0.25) is 0 Å². The number of aromatic nitrogens is 2. The number of imidazole rings is 1. The summed E-state index contributed by atoms with van der Waals surface area (Å²) >= 11 is 0. The quantitative estimate of drug-likeness (QED) is 0.859. The van der Waals surface area contributed by atoms with E-state index in [1.54, 1.807) is 13.3 Å². The minimum Gasteiger partial charge on any atom is -0.375 e. The van der Waals surface area contributed by atoms with Crippen LogP contribution in [0.1, 0.15) is 19.8 Å². The number of fused-ring (bicyclic) bond motifs is 1. The Morgan fingerprint density at radius 2 is 2.29 bits per heavy atom. The van der Waals surface area contributed by atoms with Gasteiger partial charge in [-0.2, -0.15) is 0 Å². The number of nitrogens with zero attached hydrogens (tertiary/aromatic N) is 2. The number of nitrogens with one attached hydrogen (secondary N) is 1. The third kappa shape index (κ3) is 2.84. The Bertz CT molecular complexity index is 518. The van der Waals surface area contributed by atoms with Crippen molar-refractivity contribution >= 4 is 22.5 Å². The maximum absolute atomic E-state index is 10.9. The number of hydrogen-bond acceptors (Lipinski definition) is 3. The lowest BCUT2D eigenvalue weighted by Crippen LogP contribution is -2.18. The van der Waals surface area contributed by atoms with E-state index in [0.29, 0.717) is 6.42 Å². The highest BCUT2D eigenvalue weighted by Gasteiger charge is 2.03. The van der Waals surface area contributed by atoms with Crippen LogP contribution in [0.2, 0.25) is 0 Å². The average Bonchev–Trinajstić information content (AvgIpc) is 2.75. The van der Waals surface area contributed by atoms with Crippen LogP contribution in [0.4, 0.5) is 5.69 Å². The van der Waals surface area contributed by atoms with E-state index in [4.69, 9.17) is 0 Å². The summed E-state index contributed by atoms with van der Waals surface area (Å²) in [6.07, 6.45) is 3.24. The molecular formula is C13H17N3O. The second kappa shape index (κ2) is 4.99. The molecular weight excluding hydrogens is 214 g/mol. The zero-order chi connectivity index (χ0) is 12.3. The van der Waals surface area contributed by atoms with Crippen molar-refractivity contribution in [2.75, 3.05) is 18.5 Å². The van der Waals surface area contributed by atoms with Gasteiger partial charge >= 0.3 is 0 Å². The summed E-state index contributed by atoms with van der Waals surface area (Å²) in [5, 5.41) is 0. The van der Waals surface area contributed by atoms with E-state index in [0.717, 1.165) is 29.7 Å². The van der Waals surface area contributed by atoms with Crippen LogP contribution in [-0.2, 0) is 4.79 Å². The molecule has 0 radical (unpaired) electrons. The maximum atomic E-state index is 10.9. The van der Waals surface area contributed by atoms with Gasteiger partial charge in [-0.1, -0.05) is 0 Å². The number of anilines is 1. The van der Waals surface area contributed by atoms with E-state index in [-0.39, 0.29) is 5.78 Å². The molecule has 0 amide bonds. The number of aromatic amines is 1. The monoisotopic (exact) mass is 231 g/mol. The van der Waals surface area contributed by atoms with Gasteiger partial charge < -0.3 is 14.7 Å². The average molecular weight is 231 g/mol. The molecule has 0 spiro atoms. The van der Waals surface area contributed by atoms with Crippen molar-refractivity contribution in [2.24, 2.45) is 0 Å². The molecule has 4 nitrogen and oxygen atoms in total. The minimum absolute atomic E-state index is 0.252. The molecule has 0 saturated heterocycles. The number of carbonyl (C=O) groups is 1. The number of hydrogen-bond donors (Lipinski definition) is 1. The van der Waals surface area contributed by atoms with Crippen molar-refractivity contribution in [3.8, 4) is 0 Å². The van der Waals surface area contributed by atoms with Crippen molar-refractivity contribution in [1.82, 2.24) is 9.97 Å². The molecule has 0 aliphatic carbocycles. The number of carbonyl (C=O) groups excluding carboxylic acids is 1. The summed E-state index contributed by atoms with van der Waals surface area (Å²) in [6.45, 7) is 2.52. The van der Waals surface area contributed by atoms with Gasteiger partial charge in [0.05, 0.1) is 17.4 Å². The standard InChI is InChI=1S/C13H17N3O/c1-10(17)4-3-7-16(2)11-5-6-12-13(8-11)15-9-14-12/h5-6,8-9H,3-4,7H2,1-2H3,(H,14,15). The molecule has 0 unspecified atom stereocenters. The van der Waals surface area contributed by atoms with Crippen LogP contribution in [0.15, 0.2) is 24.5 Å². The SMILES string of the molecule is CC(=O)CCCN(C)c1ccc2nc[nH]c2c1. The Hall–Kier alpha value is -1.84. The van der Waals surface area contributed by atoms with Gasteiger partial charge in [-0.05, 0) is 31.5 Å². The molecule has 17 heavy (non-hydrogen) atoms. The van der Waals surface area contributed by atoms with Crippen LogP contribution in [0.25, 0.3) is 11.0 Å². The number of ketones is 1. The van der Waals surface area contributed by atoms with E-state index in [9.17, 15) is 4.79 Å². The summed E-state index contributed by atoms with van der Waals surface area (Å²) in [6, 6.07) is 6.13. The Labute approximate surface area is 101 Å². The topological polar surface area (TPSA) is 49.0 Å². The number of Topliss-reactive ketones (excluding diaryl/α,β-unsaturated/α-hetero) is 1. The van der Waals surface area contributed by atoms with Crippen molar-refractivity contribution in [3.63, 3.8) is 0 Å². The third-order valence-corrected chi connectivity index (χ3v) is 2.87. The van der Waals surface area contributed by atoms with Crippen molar-refractivity contribution in [3.05, 3.63) is 24.5 Å². The molecule has 1 aromatic carbocycles. The molecule has 0 saturated carbocycles. The van der Waals surface area contributed by atoms with Crippen LogP contribution in [0.3, 0.4) is 0 Å². The van der Waals surface area contributed by atoms with Gasteiger partial charge in [-0.15, -0.1) is 0 Å². The molecule has 0 bridgehead atoms. The first-order valence-electron chi connectivity index (χ1n) is 5.80. The summed E-state index contributed by atoms with van der Waals surface area (Å²) < 4.78 is 0. The number of benzene rings is 1. The Morgan fingerprint density at radius 3 is 3.06 bits per heavy atom. The van der Waals surface area contributed by atoms with Crippen LogP contribution in [-0.4, -0.2) is 29.3 Å². The second-order valence-electron chi connectivity index (χ2n) is 4.33. The lowest BCUT2D eigenvalue weighted by atomic mass is 10.2. The highest BCUT2D eigenvalue weighted by Crippen LogP contribution is 2.18. The van der Waals surface area contributed by atoms with Crippen LogP contribution >= 0.6 is 0 Å². The zero-order valence-electron chi connectivity index (χ0n) is 10.2. The minimum atomic E-state index is 0.252. The summed E-state index contributed by atoms with van der Waals surface area (Å²) in [7, 11) is 2.04. The lowest BCUT2D eigenvalue weighted by molar-refractivity contribution is -0.117. The van der Waals surface area contributed by atoms with Gasteiger partial charge in [-0.25, -0.2) is 4.98 Å². The fourth-order valence-electron chi connectivity index (χ4n) is 1.86. The molecule has 0 atom stereocenters. The lowest BCUT2D eigenvalue weighted by Gasteiger charge is -2.18. The largest absolute Gasteiger partial charge is 0.375 e. The summed E-state index contributed by atoms with van der Waals surface area (Å²) in [5.74, 6) is 0.252. The molecule has 0 aliphatic rings. The van der Waals surface area contributed by atoms with Crippen LogP contribution in [0, 0.1) is 0 Å². The van der Waals surface area contributed by atoms with E-state index in [1.165, 1.54) is 0 Å². The fourth-order valence-corrected chi connectivity index (χ4v) is 1.86. The summed E-state index contributed by atoms with van der Waals surface area (Å²) in [5.41, 5.74) is 3.16. The first-order valence-corrected chi connectivity index (χ1v) is 5.80. The van der Waals surface area contributed by atoms with Gasteiger partial charge in [0.1, 0.15) is 5.78 Å². The molecule has 1 N–H and O–H groups in total. The zero-order valence-corrected chi connectivity index (χ0v) is 10.2. The predicted molar refractivity (Wildman–Crippen MR) is 69.3 cm³/mol. The number of rotatable bonds is 5. The van der Waals surface area contributed by atoms with E-state index in [2.05, 4.69) is 27.0 Å². The summed E-state index contributed by atoms with van der Waals surface area (Å²) in [4.78, 5) is 20.3. The molecule has 4 heteroatoms. The van der Waals surface area contributed by atoms with Gasteiger partial charge in [0, 0.05) is 25.7 Å². The van der Waals surface area contributed by atoms with E-state index >= 15 is 0 Å². The Balaban J connectivity index is 2.02. The van der Waals surface area contributed by atoms with Gasteiger partial charge in [0.15, 0.2) is 0 Å². The van der Waals surface area contributed by atoms with Crippen molar-refractivity contribution in [2.45, 2.75) is 19.8 Å². The Morgan fingerprint density at radius 1 is 1.47 bits per heavy atom. The van der Waals surface area contributed by atoms with Gasteiger partial charge in [-0.3, -0.25) is 0 Å². The first kappa shape index (κ1) is 11.6. The smallest absolute Gasteiger partial charge is 0.129 e. The fraction of sp³-hybridized carbons (Fsp3) is 0.385. The van der Waals surface area contributed by atoms with Crippen molar-refractivity contribution < 1.29 is 4.79 Å². The highest BCUT2D eigenvalue weighted by atomic mass is 16.1. The normalized spacial score (nSPS) is 10.7. The van der Waals surface area contributed by atoms with Crippen molar-refractivity contribution in [1.29, 1.82) is 0 Å². The predicted octanol–water partition coefficient (Wildman–Crippen LogP) is 2.37. The molecule has 2 rings (SSSR count). The molecule has 2 aromatic rings. The van der Waals surface area contributed by atoms with E-state index < -0.39 is 0 Å². The molecule has 90 valence electrons. The number of H-pyrrole nitrogens is 1. The van der Waals surface area contributed by atoms with Crippen LogP contribution < -0.4 is 4.90 Å². The molecule has 0 aliphatic heterocycles. The first-order chi connectivity index (χ1) is 8.16. The highest BCUT2D eigenvalue weighted by molar-refractivity contribution is 5.79. The second-order valence-corrected chi connectivity index (χ2v) is 4.33. The molecule has 1 aromatic heterocycles. The molecule has 0 fully saturated rings. The van der Waals surface area contributed by atoms with Gasteiger partial charge in [0.25, 0.3) is 0 Å². The maximum Gasteiger partial charge on any atom is 0.129 e. The third-order valence-electron chi connectivity index (χ3n) is 2.87. The van der Waals surface area contributed by atoms with E-state index in [1.807, 2.05) is 13.1 Å². The van der Waals surface area contributed by atoms with Crippen LogP contribution in [0.5, 0.6) is 0 Å². The Kier molecular flexibility index (Phi) is 3.42. The molecule has 1 heterocycles.